The van der Waals surface area contributed by atoms with E-state index in [1.165, 1.54) is 0 Å². The lowest BCUT2D eigenvalue weighted by Gasteiger charge is -2.33. The third-order valence-electron chi connectivity index (χ3n) is 10.6. The van der Waals surface area contributed by atoms with E-state index in [2.05, 4.69) is 187 Å². The van der Waals surface area contributed by atoms with Crippen LogP contribution in [-0.4, -0.2) is 48.4 Å². The largest absolute Gasteiger partial charge is 0.460 e. The Morgan fingerprint density at radius 3 is 0.440 bits per heavy atom. The van der Waals surface area contributed by atoms with Crippen molar-refractivity contribution < 1.29 is 27.1 Å². The van der Waals surface area contributed by atoms with Crippen LogP contribution >= 0.6 is 23.0 Å². The molecule has 0 radical (unpaired) electrons. The van der Waals surface area contributed by atoms with Gasteiger partial charge in [-0.15, -0.1) is 33.3 Å². The molecular weight excluding hydrogens is 1190 g/mol. The molecule has 0 atom stereocenters. The Morgan fingerprint density at radius 2 is 0.333 bits per heavy atom. The first kappa shape index (κ1) is 65.0. The van der Waals surface area contributed by atoms with Crippen molar-refractivity contribution in [3.05, 3.63) is 179 Å². The van der Waals surface area contributed by atoms with Crippen LogP contribution in [0.25, 0.3) is 0 Å². The molecule has 0 amide bonds. The third kappa shape index (κ3) is 22.1. The Morgan fingerprint density at radius 1 is 0.214 bits per heavy atom. The lowest BCUT2D eigenvalue weighted by atomic mass is 10.2. The average Bonchev–Trinajstić information content (AvgIpc) is 1.98. The predicted octanol–water partition coefficient (Wildman–Crippen LogP) is 19.7. The smallest absolute Gasteiger partial charge is 0.413 e. The molecule has 18 heteroatoms. The van der Waals surface area contributed by atoms with Crippen molar-refractivity contribution in [2.24, 2.45) is 13.5 Å². The first-order chi connectivity index (χ1) is 39.1. The summed E-state index contributed by atoms with van der Waals surface area (Å²) in [6.45, 7) is 39.9. The zero-order chi connectivity index (χ0) is 61.2. The van der Waals surface area contributed by atoms with Gasteiger partial charge in [0.15, 0.2) is 0 Å². The molecule has 0 saturated heterocycles. The fourth-order valence-corrected chi connectivity index (χ4v) is 18.9. The number of nitrogens with zero attached hydrogens (tertiary/aromatic N) is 3. The lowest BCUT2D eigenvalue weighted by molar-refractivity contribution is 0.443. The van der Waals surface area contributed by atoms with Crippen LogP contribution in [0.2, 0.25) is 118 Å². The van der Waals surface area contributed by atoms with Crippen LogP contribution in [0.4, 0.5) is 0 Å². The van der Waals surface area contributed by atoms with Crippen molar-refractivity contribution in [3.63, 3.8) is 0 Å². The number of hydrogen-bond donors (Lipinski definition) is 0. The van der Waals surface area contributed by atoms with Crippen LogP contribution in [0.15, 0.2) is 159 Å². The van der Waals surface area contributed by atoms with E-state index in [1.807, 2.05) is 146 Å². The molecule has 84 heavy (non-hydrogen) atoms. The molecule has 6 aromatic rings. The van der Waals surface area contributed by atoms with Crippen LogP contribution in [-0.2, 0) is 0 Å². The van der Waals surface area contributed by atoms with Crippen molar-refractivity contribution in [1.82, 2.24) is 0 Å². The molecule has 1 aliphatic rings. The van der Waals surface area contributed by atoms with E-state index < -0.39 is 71.4 Å². The third-order valence-corrected chi connectivity index (χ3v) is 24.0. The molecular formula is C66H78N3O6P3Si6. The second-order valence-corrected chi connectivity index (χ2v) is 61.1. The van der Waals surface area contributed by atoms with Gasteiger partial charge in [-0.3, -0.25) is 0 Å². The summed E-state index contributed by atoms with van der Waals surface area (Å²) in [7, 11) is -23.1. The second-order valence-electron chi connectivity index (χ2n) is 26.4. The summed E-state index contributed by atoms with van der Waals surface area (Å²) in [4.78, 5) is 0. The first-order valence-electron chi connectivity index (χ1n) is 27.9. The monoisotopic (exact) mass is 1270 g/mol. The Hall–Kier alpha value is -6.53. The van der Waals surface area contributed by atoms with Gasteiger partial charge in [-0.1, -0.05) is 167 Å². The quantitative estimate of drug-likeness (QED) is 0.0689. The minimum absolute atomic E-state index is 0.386. The Balaban J connectivity index is 1.59. The van der Waals surface area contributed by atoms with E-state index in [0.29, 0.717) is 34.5 Å². The van der Waals surface area contributed by atoms with E-state index >= 15 is 0 Å². The standard InChI is InChI=1S/C66H78N3O6P3Si6/c1-79(2,3)49-43-55-19-31-61(32-20-55)70-76(71-62-33-21-56(22-34-62)44-50-80(4,5)6)67-77(72-63-35-23-57(24-36-63)45-51-81(7,8)9,73-64-37-25-58(26-38-64)46-52-82(10,11)12)69-78(68-76,74-65-39-27-59(28-40-65)47-53-83(13,14)15)75-66-41-29-60(30-42-66)48-54-84(16,17)18/h19-42H,1-18H3. The minimum Gasteiger partial charge on any atom is -0.413 e. The highest BCUT2D eigenvalue weighted by Gasteiger charge is 2.49. The van der Waals surface area contributed by atoms with Crippen molar-refractivity contribution in [2.45, 2.75) is 118 Å². The molecule has 0 spiro atoms. The fourth-order valence-electron chi connectivity index (χ4n) is 6.73. The summed E-state index contributed by atoms with van der Waals surface area (Å²) in [6.07, 6.45) is 0. The van der Waals surface area contributed by atoms with Crippen LogP contribution in [0.5, 0.6) is 34.5 Å². The molecule has 1 aliphatic heterocycles. The highest BCUT2D eigenvalue weighted by atomic mass is 31.3. The van der Waals surface area contributed by atoms with Gasteiger partial charge < -0.3 is 27.1 Å². The van der Waals surface area contributed by atoms with Gasteiger partial charge in [0.25, 0.3) is 0 Å². The summed E-state index contributed by atoms with van der Waals surface area (Å²) in [6, 6.07) is 45.1. The molecule has 7 rings (SSSR count). The molecule has 0 aliphatic carbocycles. The van der Waals surface area contributed by atoms with Crippen molar-refractivity contribution in [2.75, 3.05) is 0 Å². The summed E-state index contributed by atoms with van der Waals surface area (Å²) in [5.74, 6) is 22.5. The molecule has 0 aromatic heterocycles. The Kier molecular flexibility index (Phi) is 20.4. The van der Waals surface area contributed by atoms with E-state index in [4.69, 9.17) is 40.7 Å². The Bertz CT molecular complexity index is 3270. The molecule has 0 fully saturated rings. The molecule has 1 heterocycles. The summed E-state index contributed by atoms with van der Waals surface area (Å²) >= 11 is 0. The maximum atomic E-state index is 7.27. The van der Waals surface area contributed by atoms with E-state index in [1.54, 1.807) is 0 Å². The van der Waals surface area contributed by atoms with E-state index in [0.717, 1.165) is 33.4 Å². The summed E-state index contributed by atoms with van der Waals surface area (Å²) in [5.41, 5.74) is 25.8. The highest BCUT2D eigenvalue weighted by molar-refractivity contribution is 7.79. The average molecular weight is 1270 g/mol. The van der Waals surface area contributed by atoms with Gasteiger partial charge in [0.1, 0.15) is 82.9 Å². The molecule has 432 valence electrons. The van der Waals surface area contributed by atoms with Crippen molar-refractivity contribution >= 4 is 71.4 Å². The SMILES string of the molecule is C[Si](C)(C)C#Cc1ccc(OP2(Oc3ccc(C#C[Si](C)(C)C)cc3)=NP(Oc3ccc(C#C[Si](C)(C)C)cc3)(Oc3ccc(C#C[Si](C)(C)C)cc3)=NP(Oc3ccc(C#C[Si](C)(C)C)cc3)(Oc3ccc(C#C[Si](C)(C)C)cc3)=N2)cc1. The van der Waals surface area contributed by atoms with Gasteiger partial charge in [0.2, 0.25) is 0 Å². The molecule has 0 N–H and O–H groups in total. The van der Waals surface area contributed by atoms with Gasteiger partial charge in [-0.05, 0) is 146 Å². The van der Waals surface area contributed by atoms with Crippen LogP contribution in [0.3, 0.4) is 0 Å². The molecule has 9 nitrogen and oxygen atoms in total. The fraction of sp³-hybridized carbons (Fsp3) is 0.273. The highest BCUT2D eigenvalue weighted by Crippen LogP contribution is 2.78. The molecule has 0 unspecified atom stereocenters. The van der Waals surface area contributed by atoms with Gasteiger partial charge in [0, 0.05) is 33.4 Å². The summed E-state index contributed by atoms with van der Waals surface area (Å²) < 4.78 is 60.3. The topological polar surface area (TPSA) is 92.5 Å². The van der Waals surface area contributed by atoms with Crippen LogP contribution in [0.1, 0.15) is 33.4 Å². The lowest BCUT2D eigenvalue weighted by Crippen LogP contribution is -2.16. The maximum Gasteiger partial charge on any atom is 0.460 e. The number of hydrogen-bond acceptors (Lipinski definition) is 9. The second kappa shape index (κ2) is 26.4. The van der Waals surface area contributed by atoms with Gasteiger partial charge >= 0.3 is 23.0 Å². The normalized spacial score (nSPS) is 14.1. The molecule has 0 saturated carbocycles. The van der Waals surface area contributed by atoms with E-state index in [-0.39, 0.29) is 0 Å². The van der Waals surface area contributed by atoms with Gasteiger partial charge in [-0.25, -0.2) is 0 Å². The predicted molar refractivity (Wildman–Crippen MR) is 372 cm³/mol. The molecule has 6 aromatic carbocycles. The van der Waals surface area contributed by atoms with Crippen LogP contribution in [0, 0.1) is 68.8 Å². The minimum atomic E-state index is -4.27. The maximum absolute atomic E-state index is 7.27. The van der Waals surface area contributed by atoms with Crippen molar-refractivity contribution in [3.8, 4) is 103 Å². The summed E-state index contributed by atoms with van der Waals surface area (Å²) in [5, 5.41) is 0. The van der Waals surface area contributed by atoms with E-state index in [9.17, 15) is 0 Å². The first-order valence-corrected chi connectivity index (χ1v) is 53.5. The number of rotatable bonds is 12. The molecule has 0 bridgehead atoms. The Labute approximate surface area is 508 Å². The zero-order valence-electron chi connectivity index (χ0n) is 52.0. The zero-order valence-corrected chi connectivity index (χ0v) is 60.7. The van der Waals surface area contributed by atoms with Gasteiger partial charge in [-0.2, -0.15) is 0 Å². The van der Waals surface area contributed by atoms with Gasteiger partial charge in [0.05, 0.1) is 0 Å². The van der Waals surface area contributed by atoms with Crippen LogP contribution < -0.4 is 27.1 Å². The number of benzene rings is 6. The van der Waals surface area contributed by atoms with Crippen molar-refractivity contribution in [1.29, 1.82) is 0 Å².